The van der Waals surface area contributed by atoms with Crippen molar-refractivity contribution in [3.8, 4) is 0 Å². The van der Waals surface area contributed by atoms with Crippen LogP contribution in [0.5, 0.6) is 0 Å². The molecule has 0 saturated heterocycles. The Morgan fingerprint density at radius 1 is 1.38 bits per heavy atom. The van der Waals surface area contributed by atoms with Crippen LogP contribution in [-0.2, 0) is 0 Å². The van der Waals surface area contributed by atoms with Crippen molar-refractivity contribution in [3.63, 3.8) is 0 Å². The first kappa shape index (κ1) is 16.0. The number of nitro benzene ring substituents is 1. The minimum atomic E-state index is -0.578. The number of carbonyl (C=O) groups excluding carboxylic acids is 1. The molecule has 0 heterocycles. The molecule has 1 aromatic rings. The molecule has 1 saturated carbocycles. The molecule has 2 atom stereocenters. The molecule has 114 valence electrons. The monoisotopic (exact) mass is 330 g/mol. The van der Waals surface area contributed by atoms with Crippen molar-refractivity contribution in [3.05, 3.63) is 38.9 Å². The Hall–Kier alpha value is -1.33. The Bertz CT molecular complexity index is 551. The Morgan fingerprint density at radius 2 is 2.10 bits per heavy atom. The van der Waals surface area contributed by atoms with Crippen LogP contribution in [0.4, 0.5) is 5.69 Å². The number of nitrogens with one attached hydrogen (secondary N) is 1. The molecule has 2 rings (SSSR count). The van der Waals surface area contributed by atoms with Crippen LogP contribution in [0.15, 0.2) is 18.2 Å². The van der Waals surface area contributed by atoms with E-state index in [2.05, 4.69) is 5.32 Å². The zero-order chi connectivity index (χ0) is 15.4. The van der Waals surface area contributed by atoms with E-state index in [0.717, 1.165) is 25.7 Å². The Morgan fingerprint density at radius 3 is 2.76 bits per heavy atom. The van der Waals surface area contributed by atoms with Crippen molar-refractivity contribution in [1.29, 1.82) is 0 Å². The summed E-state index contributed by atoms with van der Waals surface area (Å²) in [4.78, 5) is 22.8. The number of hydrogen-bond donors (Lipinski definition) is 1. The average molecular weight is 331 g/mol. The lowest BCUT2D eigenvalue weighted by molar-refractivity contribution is -0.385. The first-order valence-corrected chi connectivity index (χ1v) is 7.75. The highest BCUT2D eigenvalue weighted by Crippen LogP contribution is 2.27. The van der Waals surface area contributed by atoms with Crippen LogP contribution in [0.1, 0.15) is 36.0 Å². The highest BCUT2D eigenvalue weighted by Gasteiger charge is 2.28. The fraction of sp³-hybridized carbons (Fsp3) is 0.500. The van der Waals surface area contributed by atoms with Gasteiger partial charge in [-0.2, -0.15) is 0 Å². The number of nitrogens with zero attached hydrogens (tertiary/aromatic N) is 1. The largest absolute Gasteiger partial charge is 0.349 e. The van der Waals surface area contributed by atoms with Crippen molar-refractivity contribution in [2.75, 3.05) is 5.88 Å². The third-order valence-electron chi connectivity index (χ3n) is 3.82. The molecule has 1 aliphatic rings. The molecule has 0 aliphatic heterocycles. The van der Waals surface area contributed by atoms with Crippen molar-refractivity contribution in [1.82, 2.24) is 5.32 Å². The minimum Gasteiger partial charge on any atom is -0.349 e. The zero-order valence-corrected chi connectivity index (χ0v) is 12.9. The highest BCUT2D eigenvalue weighted by atomic mass is 35.5. The van der Waals surface area contributed by atoms with E-state index in [1.807, 2.05) is 0 Å². The van der Waals surface area contributed by atoms with Crippen LogP contribution in [-0.4, -0.2) is 22.8 Å². The molecule has 5 nitrogen and oxygen atoms in total. The van der Waals surface area contributed by atoms with Gasteiger partial charge in [0.15, 0.2) is 0 Å². The lowest BCUT2D eigenvalue weighted by Crippen LogP contribution is -2.43. The predicted molar refractivity (Wildman–Crippen MR) is 82.0 cm³/mol. The van der Waals surface area contributed by atoms with E-state index in [1.54, 1.807) is 0 Å². The maximum atomic E-state index is 12.3. The summed E-state index contributed by atoms with van der Waals surface area (Å²) in [6.07, 6.45) is 3.93. The van der Waals surface area contributed by atoms with Gasteiger partial charge in [0.2, 0.25) is 0 Å². The first-order chi connectivity index (χ1) is 10.0. The normalized spacial score (nSPS) is 21.8. The van der Waals surface area contributed by atoms with Gasteiger partial charge < -0.3 is 5.32 Å². The van der Waals surface area contributed by atoms with Gasteiger partial charge in [0.05, 0.1) is 4.92 Å². The molecule has 0 aromatic heterocycles. The van der Waals surface area contributed by atoms with E-state index < -0.39 is 10.8 Å². The van der Waals surface area contributed by atoms with Gasteiger partial charge in [-0.25, -0.2) is 0 Å². The van der Waals surface area contributed by atoms with Crippen molar-refractivity contribution in [2.24, 2.45) is 5.92 Å². The molecule has 0 spiro atoms. The van der Waals surface area contributed by atoms with Crippen molar-refractivity contribution < 1.29 is 9.72 Å². The zero-order valence-electron chi connectivity index (χ0n) is 11.4. The van der Waals surface area contributed by atoms with Crippen molar-refractivity contribution >= 4 is 34.8 Å². The van der Waals surface area contributed by atoms with Gasteiger partial charge in [-0.3, -0.25) is 14.9 Å². The molecule has 1 aliphatic carbocycles. The topological polar surface area (TPSA) is 72.2 Å². The Labute approximate surface area is 132 Å². The highest BCUT2D eigenvalue weighted by molar-refractivity contribution is 6.31. The van der Waals surface area contributed by atoms with E-state index in [0.29, 0.717) is 10.9 Å². The van der Waals surface area contributed by atoms with Crippen LogP contribution in [0, 0.1) is 16.0 Å². The molecular formula is C14H16Cl2N2O3. The quantitative estimate of drug-likeness (QED) is 0.518. The smallest absolute Gasteiger partial charge is 0.282 e. The third-order valence-corrected chi connectivity index (χ3v) is 4.46. The van der Waals surface area contributed by atoms with Gasteiger partial charge in [-0.1, -0.05) is 24.4 Å². The predicted octanol–water partition coefficient (Wildman–Crippen LogP) is 3.78. The maximum Gasteiger partial charge on any atom is 0.282 e. The fourth-order valence-corrected chi connectivity index (χ4v) is 3.22. The number of hydrogen-bond acceptors (Lipinski definition) is 3. The Balaban J connectivity index is 2.19. The van der Waals surface area contributed by atoms with Gasteiger partial charge >= 0.3 is 0 Å². The minimum absolute atomic E-state index is 0.00797. The van der Waals surface area contributed by atoms with Crippen LogP contribution in [0.25, 0.3) is 0 Å². The SMILES string of the molecule is O=C(NC1CCCCC1CCl)c1cc(Cl)ccc1[N+](=O)[O-]. The second-order valence-electron chi connectivity index (χ2n) is 5.20. The summed E-state index contributed by atoms with van der Waals surface area (Å²) in [7, 11) is 0. The molecule has 2 unspecified atom stereocenters. The van der Waals surface area contributed by atoms with Gasteiger partial charge in [0, 0.05) is 23.0 Å². The van der Waals surface area contributed by atoms with Crippen molar-refractivity contribution in [2.45, 2.75) is 31.7 Å². The van der Waals surface area contributed by atoms with E-state index in [9.17, 15) is 14.9 Å². The number of nitro groups is 1. The molecule has 0 bridgehead atoms. The number of rotatable bonds is 4. The van der Waals surface area contributed by atoms with E-state index >= 15 is 0 Å². The average Bonchev–Trinajstić information content (AvgIpc) is 2.47. The molecule has 7 heteroatoms. The number of carbonyl (C=O) groups is 1. The van der Waals surface area contributed by atoms with E-state index in [-0.39, 0.29) is 23.2 Å². The summed E-state index contributed by atoms with van der Waals surface area (Å²) in [5, 5.41) is 14.2. The second-order valence-corrected chi connectivity index (χ2v) is 5.94. The van der Waals surface area contributed by atoms with Crippen LogP contribution in [0.3, 0.4) is 0 Å². The second kappa shape index (κ2) is 7.09. The standard InChI is InChI=1S/C14H16Cl2N2O3/c15-8-9-3-1-2-4-12(9)17-14(19)11-7-10(16)5-6-13(11)18(20)21/h5-7,9,12H,1-4,8H2,(H,17,19). The molecule has 1 N–H and O–H groups in total. The van der Waals surface area contributed by atoms with Gasteiger partial charge in [0.1, 0.15) is 5.56 Å². The summed E-state index contributed by atoms with van der Waals surface area (Å²) in [5.41, 5.74) is -0.249. The van der Waals surface area contributed by atoms with E-state index in [1.165, 1.54) is 18.2 Å². The third kappa shape index (κ3) is 3.86. The lowest BCUT2D eigenvalue weighted by Gasteiger charge is -2.30. The Kier molecular flexibility index (Phi) is 5.42. The molecule has 1 amide bonds. The van der Waals surface area contributed by atoms with E-state index in [4.69, 9.17) is 23.2 Å². The summed E-state index contributed by atoms with van der Waals surface area (Å²) in [5.74, 6) is 0.219. The van der Waals surface area contributed by atoms with Crippen LogP contribution < -0.4 is 5.32 Å². The van der Waals surface area contributed by atoms with Gasteiger partial charge in [-0.15, -0.1) is 11.6 Å². The maximum absolute atomic E-state index is 12.3. The molecule has 0 radical (unpaired) electrons. The summed E-state index contributed by atoms with van der Waals surface area (Å²) in [6, 6.07) is 3.94. The molecule has 21 heavy (non-hydrogen) atoms. The van der Waals surface area contributed by atoms with Gasteiger partial charge in [0.25, 0.3) is 11.6 Å². The van der Waals surface area contributed by atoms with Gasteiger partial charge in [-0.05, 0) is 30.9 Å². The summed E-state index contributed by atoms with van der Waals surface area (Å²) in [6.45, 7) is 0. The fourth-order valence-electron chi connectivity index (χ4n) is 2.68. The number of halogens is 2. The lowest BCUT2D eigenvalue weighted by atomic mass is 9.85. The number of alkyl halides is 1. The summed E-state index contributed by atoms with van der Waals surface area (Å²) >= 11 is 11.8. The summed E-state index contributed by atoms with van der Waals surface area (Å²) < 4.78 is 0. The van der Waals surface area contributed by atoms with Crippen LogP contribution in [0.2, 0.25) is 5.02 Å². The van der Waals surface area contributed by atoms with Crippen LogP contribution >= 0.6 is 23.2 Å². The first-order valence-electron chi connectivity index (χ1n) is 6.83. The molecule has 1 aromatic carbocycles. The molecule has 1 fully saturated rings. The number of amides is 1. The number of benzene rings is 1. The molecular weight excluding hydrogens is 315 g/mol.